The zero-order valence-electron chi connectivity index (χ0n) is 18.0. The highest BCUT2D eigenvalue weighted by Gasteiger charge is 2.18. The number of pyridine rings is 1. The first-order valence-corrected chi connectivity index (χ1v) is 10.4. The van der Waals surface area contributed by atoms with E-state index in [0.717, 1.165) is 31.5 Å². The van der Waals surface area contributed by atoms with E-state index in [1.54, 1.807) is 31.9 Å². The van der Waals surface area contributed by atoms with Gasteiger partial charge in [0.15, 0.2) is 11.5 Å². The van der Waals surface area contributed by atoms with Crippen molar-refractivity contribution >= 4 is 5.91 Å². The van der Waals surface area contributed by atoms with E-state index in [2.05, 4.69) is 10.6 Å². The van der Waals surface area contributed by atoms with Gasteiger partial charge >= 0.3 is 0 Å². The van der Waals surface area contributed by atoms with E-state index in [4.69, 9.17) is 9.47 Å². The minimum atomic E-state index is -0.281. The van der Waals surface area contributed by atoms with Crippen LogP contribution >= 0.6 is 0 Å². The molecule has 0 atom stereocenters. The Balaban J connectivity index is 1.69. The molecular formula is C23H31N3O4. The standard InChI is InChI=1S/C23H31N3O4/c1-16-8-12-26(13-9-17-4-5-19(29-2)20(14-17)30-3)23(28)21(16)22(27)25-15-18-6-10-24-11-7-18/h4-5,8,12,14,18,24H,6-7,9-11,13,15H2,1-3H3,(H,25,27). The molecule has 1 aliphatic heterocycles. The van der Waals surface area contributed by atoms with Crippen LogP contribution in [0.3, 0.4) is 0 Å². The van der Waals surface area contributed by atoms with Crippen molar-refractivity contribution in [2.75, 3.05) is 33.9 Å². The Hall–Kier alpha value is -2.80. The molecule has 30 heavy (non-hydrogen) atoms. The summed E-state index contributed by atoms with van der Waals surface area (Å²) in [5.41, 5.74) is 1.71. The van der Waals surface area contributed by atoms with Crippen molar-refractivity contribution in [3.8, 4) is 11.5 Å². The summed E-state index contributed by atoms with van der Waals surface area (Å²) in [5, 5.41) is 6.29. The Morgan fingerprint density at radius 1 is 1.17 bits per heavy atom. The summed E-state index contributed by atoms with van der Waals surface area (Å²) in [6, 6.07) is 7.54. The summed E-state index contributed by atoms with van der Waals surface area (Å²) in [6.07, 6.45) is 4.48. The minimum absolute atomic E-state index is 0.235. The van der Waals surface area contributed by atoms with Crippen LogP contribution in [0.15, 0.2) is 35.3 Å². The maximum absolute atomic E-state index is 13.0. The summed E-state index contributed by atoms with van der Waals surface area (Å²) < 4.78 is 12.2. The lowest BCUT2D eigenvalue weighted by Crippen LogP contribution is -2.39. The van der Waals surface area contributed by atoms with Gasteiger partial charge in [0.05, 0.1) is 14.2 Å². The maximum Gasteiger partial charge on any atom is 0.263 e. The second-order valence-electron chi connectivity index (χ2n) is 7.72. The molecule has 3 rings (SSSR count). The lowest BCUT2D eigenvalue weighted by molar-refractivity contribution is 0.0941. The Morgan fingerprint density at radius 2 is 1.90 bits per heavy atom. The molecule has 1 fully saturated rings. The van der Waals surface area contributed by atoms with Crippen molar-refractivity contribution in [2.45, 2.75) is 32.7 Å². The molecule has 0 saturated carbocycles. The lowest BCUT2D eigenvalue weighted by Gasteiger charge is -2.22. The number of hydrogen-bond acceptors (Lipinski definition) is 5. The minimum Gasteiger partial charge on any atom is -0.493 e. The van der Waals surface area contributed by atoms with Gasteiger partial charge in [-0.15, -0.1) is 0 Å². The van der Waals surface area contributed by atoms with Crippen molar-refractivity contribution in [1.29, 1.82) is 0 Å². The predicted molar refractivity (Wildman–Crippen MR) is 117 cm³/mol. The molecule has 1 amide bonds. The molecule has 1 aromatic heterocycles. The number of aromatic nitrogens is 1. The van der Waals surface area contributed by atoms with Gasteiger partial charge in [0, 0.05) is 19.3 Å². The molecule has 1 aromatic carbocycles. The quantitative estimate of drug-likeness (QED) is 0.693. The number of nitrogens with zero attached hydrogens (tertiary/aromatic N) is 1. The summed E-state index contributed by atoms with van der Waals surface area (Å²) in [5.74, 6) is 1.51. The first-order chi connectivity index (χ1) is 14.5. The number of hydrogen-bond donors (Lipinski definition) is 2. The zero-order valence-corrected chi connectivity index (χ0v) is 18.0. The monoisotopic (exact) mass is 413 g/mol. The van der Waals surface area contributed by atoms with Crippen LogP contribution in [0.4, 0.5) is 0 Å². The topological polar surface area (TPSA) is 81.6 Å². The van der Waals surface area contributed by atoms with Gasteiger partial charge in [-0.1, -0.05) is 6.07 Å². The van der Waals surface area contributed by atoms with E-state index >= 15 is 0 Å². The average Bonchev–Trinajstić information content (AvgIpc) is 2.77. The molecule has 0 aliphatic carbocycles. The van der Waals surface area contributed by atoms with Crippen LogP contribution in [-0.2, 0) is 13.0 Å². The predicted octanol–water partition coefficient (Wildman–Crippen LogP) is 2.15. The molecule has 2 N–H and O–H groups in total. The van der Waals surface area contributed by atoms with Gasteiger partial charge in [-0.2, -0.15) is 0 Å². The third-order valence-electron chi connectivity index (χ3n) is 5.70. The zero-order chi connectivity index (χ0) is 21.5. The number of ether oxygens (including phenoxy) is 2. The van der Waals surface area contributed by atoms with Crippen LogP contribution in [0.5, 0.6) is 11.5 Å². The van der Waals surface area contributed by atoms with E-state index < -0.39 is 0 Å². The average molecular weight is 414 g/mol. The number of benzene rings is 1. The normalized spacial score (nSPS) is 14.4. The fourth-order valence-corrected chi connectivity index (χ4v) is 3.81. The van der Waals surface area contributed by atoms with Gasteiger partial charge in [-0.25, -0.2) is 0 Å². The number of aryl methyl sites for hydroxylation is 3. The van der Waals surface area contributed by atoms with Gasteiger partial charge in [0.25, 0.3) is 11.5 Å². The summed E-state index contributed by atoms with van der Waals surface area (Å²) >= 11 is 0. The molecule has 162 valence electrons. The van der Waals surface area contributed by atoms with Crippen molar-refractivity contribution in [3.63, 3.8) is 0 Å². The fraction of sp³-hybridized carbons (Fsp3) is 0.478. The van der Waals surface area contributed by atoms with E-state index in [0.29, 0.717) is 42.5 Å². The maximum atomic E-state index is 13.0. The molecule has 7 nitrogen and oxygen atoms in total. The molecule has 1 saturated heterocycles. The second-order valence-corrected chi connectivity index (χ2v) is 7.72. The smallest absolute Gasteiger partial charge is 0.263 e. The molecule has 0 radical (unpaired) electrons. The van der Waals surface area contributed by atoms with Gasteiger partial charge in [-0.3, -0.25) is 9.59 Å². The lowest BCUT2D eigenvalue weighted by atomic mass is 9.98. The molecule has 0 spiro atoms. The SMILES string of the molecule is COc1ccc(CCn2ccc(C)c(C(=O)NCC3CCNCC3)c2=O)cc1OC. The summed E-state index contributed by atoms with van der Waals surface area (Å²) in [4.78, 5) is 25.7. The van der Waals surface area contributed by atoms with Crippen molar-refractivity contribution in [3.05, 3.63) is 57.5 Å². The largest absolute Gasteiger partial charge is 0.493 e. The van der Waals surface area contributed by atoms with Crippen LogP contribution in [0, 0.1) is 12.8 Å². The summed E-state index contributed by atoms with van der Waals surface area (Å²) in [7, 11) is 3.20. The number of amides is 1. The Labute approximate surface area is 177 Å². The van der Waals surface area contributed by atoms with Crippen molar-refractivity contribution in [1.82, 2.24) is 15.2 Å². The van der Waals surface area contributed by atoms with E-state index in [1.807, 2.05) is 24.3 Å². The Bertz CT molecular complexity index is 933. The van der Waals surface area contributed by atoms with Crippen LogP contribution in [-0.4, -0.2) is 44.3 Å². The highest BCUT2D eigenvalue weighted by atomic mass is 16.5. The number of carbonyl (C=O) groups is 1. The first kappa shape index (κ1) is 21.9. The molecule has 2 heterocycles. The molecule has 0 bridgehead atoms. The van der Waals surface area contributed by atoms with Gasteiger partial charge in [0.2, 0.25) is 0 Å². The van der Waals surface area contributed by atoms with Crippen LogP contribution in [0.2, 0.25) is 0 Å². The number of methoxy groups -OCH3 is 2. The molecule has 2 aromatic rings. The molecule has 0 unspecified atom stereocenters. The van der Waals surface area contributed by atoms with E-state index in [-0.39, 0.29) is 17.0 Å². The van der Waals surface area contributed by atoms with E-state index in [9.17, 15) is 9.59 Å². The second kappa shape index (κ2) is 10.3. The Morgan fingerprint density at radius 3 is 2.60 bits per heavy atom. The van der Waals surface area contributed by atoms with Crippen LogP contribution in [0.1, 0.15) is 34.3 Å². The third-order valence-corrected chi connectivity index (χ3v) is 5.70. The van der Waals surface area contributed by atoms with Crippen LogP contribution < -0.4 is 25.7 Å². The highest BCUT2D eigenvalue weighted by Crippen LogP contribution is 2.27. The van der Waals surface area contributed by atoms with Gasteiger partial charge in [-0.05, 0) is 74.5 Å². The van der Waals surface area contributed by atoms with Gasteiger partial charge in [0.1, 0.15) is 5.56 Å². The number of piperidine rings is 1. The molecular weight excluding hydrogens is 382 g/mol. The molecule has 7 heteroatoms. The number of rotatable bonds is 8. The number of carbonyl (C=O) groups excluding carboxylic acids is 1. The third kappa shape index (κ3) is 5.21. The van der Waals surface area contributed by atoms with Crippen molar-refractivity contribution < 1.29 is 14.3 Å². The highest BCUT2D eigenvalue weighted by molar-refractivity contribution is 5.95. The fourth-order valence-electron chi connectivity index (χ4n) is 3.81. The van der Waals surface area contributed by atoms with Crippen molar-refractivity contribution in [2.24, 2.45) is 5.92 Å². The molecule has 1 aliphatic rings. The Kier molecular flexibility index (Phi) is 7.52. The van der Waals surface area contributed by atoms with Gasteiger partial charge < -0.3 is 24.7 Å². The van der Waals surface area contributed by atoms with Crippen LogP contribution in [0.25, 0.3) is 0 Å². The number of nitrogens with one attached hydrogen (secondary N) is 2. The first-order valence-electron chi connectivity index (χ1n) is 10.4. The van der Waals surface area contributed by atoms with E-state index in [1.165, 1.54) is 0 Å². The summed E-state index contributed by atoms with van der Waals surface area (Å²) in [6.45, 7) is 4.85.